The van der Waals surface area contributed by atoms with Gasteiger partial charge in [-0.3, -0.25) is 4.79 Å². The summed E-state index contributed by atoms with van der Waals surface area (Å²) in [6, 6.07) is 5.31. The average Bonchev–Trinajstić information content (AvgIpc) is 2.27. The summed E-state index contributed by atoms with van der Waals surface area (Å²) in [5.41, 5.74) is -0.0697. The van der Waals surface area contributed by atoms with Crippen molar-refractivity contribution in [3.8, 4) is 5.75 Å². The smallest absolute Gasteiger partial charge is 0.315 e. The van der Waals surface area contributed by atoms with Crippen LogP contribution in [0.3, 0.4) is 0 Å². The summed E-state index contributed by atoms with van der Waals surface area (Å²) in [6.45, 7) is 3.54. The molecular formula is C12H15ClO3. The first kappa shape index (κ1) is 12.8. The van der Waals surface area contributed by atoms with E-state index in [1.54, 1.807) is 26.0 Å². The highest BCUT2D eigenvalue weighted by molar-refractivity contribution is 6.32. The molecule has 0 aromatic heterocycles. The molecule has 4 heteroatoms. The molecule has 1 aromatic carbocycles. The summed E-state index contributed by atoms with van der Waals surface area (Å²) in [4.78, 5) is 11.7. The fourth-order valence-corrected chi connectivity index (χ4v) is 1.83. The third-order valence-electron chi connectivity index (χ3n) is 2.54. The molecule has 0 saturated carbocycles. The minimum atomic E-state index is -0.787. The van der Waals surface area contributed by atoms with Crippen molar-refractivity contribution in [1.29, 1.82) is 0 Å². The molecule has 0 radical (unpaired) electrons. The molecule has 3 nitrogen and oxygen atoms in total. The molecule has 0 atom stereocenters. The normalized spacial score (nSPS) is 11.1. The van der Waals surface area contributed by atoms with Crippen LogP contribution in [-0.4, -0.2) is 20.2 Å². The minimum absolute atomic E-state index is 0.326. The maximum atomic E-state index is 11.7. The predicted molar refractivity (Wildman–Crippen MR) is 63.0 cm³/mol. The van der Waals surface area contributed by atoms with Gasteiger partial charge in [-0.25, -0.2) is 0 Å². The van der Waals surface area contributed by atoms with Gasteiger partial charge in [0.15, 0.2) is 0 Å². The van der Waals surface area contributed by atoms with E-state index in [1.165, 1.54) is 14.2 Å². The molecule has 16 heavy (non-hydrogen) atoms. The largest absolute Gasteiger partial charge is 0.495 e. The molecule has 0 fully saturated rings. The molecule has 0 heterocycles. The summed E-state index contributed by atoms with van der Waals surface area (Å²) >= 11 is 6.01. The van der Waals surface area contributed by atoms with E-state index in [-0.39, 0.29) is 5.97 Å². The summed E-state index contributed by atoms with van der Waals surface area (Å²) in [5, 5.41) is 0.483. The van der Waals surface area contributed by atoms with E-state index >= 15 is 0 Å². The van der Waals surface area contributed by atoms with Crippen LogP contribution >= 0.6 is 11.6 Å². The van der Waals surface area contributed by atoms with Crippen molar-refractivity contribution in [1.82, 2.24) is 0 Å². The Hall–Kier alpha value is -1.22. The Labute approximate surface area is 100 Å². The Morgan fingerprint density at radius 3 is 2.44 bits per heavy atom. The topological polar surface area (TPSA) is 35.5 Å². The van der Waals surface area contributed by atoms with Gasteiger partial charge in [-0.05, 0) is 19.9 Å². The number of hydrogen-bond donors (Lipinski definition) is 0. The molecule has 0 aliphatic rings. The van der Waals surface area contributed by atoms with E-state index in [0.29, 0.717) is 16.3 Å². The van der Waals surface area contributed by atoms with Crippen LogP contribution in [0.15, 0.2) is 18.2 Å². The first-order chi connectivity index (χ1) is 7.45. The zero-order valence-corrected chi connectivity index (χ0v) is 10.6. The van der Waals surface area contributed by atoms with Gasteiger partial charge in [0.2, 0.25) is 0 Å². The highest BCUT2D eigenvalue weighted by Crippen LogP contribution is 2.37. The lowest BCUT2D eigenvalue weighted by atomic mass is 9.84. The average molecular weight is 243 g/mol. The molecule has 0 amide bonds. The van der Waals surface area contributed by atoms with Gasteiger partial charge in [0, 0.05) is 5.56 Å². The molecule has 0 saturated heterocycles. The number of hydrogen-bond acceptors (Lipinski definition) is 3. The van der Waals surface area contributed by atoms with Crippen LogP contribution in [-0.2, 0) is 14.9 Å². The van der Waals surface area contributed by atoms with Crippen LogP contribution < -0.4 is 4.74 Å². The molecule has 0 spiro atoms. The Morgan fingerprint density at radius 2 is 1.94 bits per heavy atom. The predicted octanol–water partition coefficient (Wildman–Crippen LogP) is 2.80. The number of rotatable bonds is 3. The summed E-state index contributed by atoms with van der Waals surface area (Å²) in [5.74, 6) is 0.188. The monoisotopic (exact) mass is 242 g/mol. The summed E-state index contributed by atoms with van der Waals surface area (Å²) in [6.07, 6.45) is 0. The third-order valence-corrected chi connectivity index (χ3v) is 2.84. The molecule has 1 aromatic rings. The molecule has 1 rings (SSSR count). The zero-order valence-electron chi connectivity index (χ0n) is 9.83. The van der Waals surface area contributed by atoms with E-state index < -0.39 is 5.41 Å². The van der Waals surface area contributed by atoms with Gasteiger partial charge in [0.05, 0.1) is 24.7 Å². The maximum Gasteiger partial charge on any atom is 0.315 e. The van der Waals surface area contributed by atoms with E-state index in [0.717, 1.165) is 0 Å². The molecule has 0 aliphatic carbocycles. The number of benzene rings is 1. The van der Waals surface area contributed by atoms with Crippen molar-refractivity contribution in [2.45, 2.75) is 19.3 Å². The van der Waals surface area contributed by atoms with Gasteiger partial charge >= 0.3 is 5.97 Å². The van der Waals surface area contributed by atoms with Crippen LogP contribution in [0.5, 0.6) is 5.75 Å². The molecular weight excluding hydrogens is 228 g/mol. The zero-order chi connectivity index (χ0) is 12.3. The number of para-hydroxylation sites is 1. The van der Waals surface area contributed by atoms with Crippen molar-refractivity contribution in [2.24, 2.45) is 0 Å². The number of carbonyl (C=O) groups excluding carboxylic acids is 1. The molecule has 88 valence electrons. The highest BCUT2D eigenvalue weighted by Gasteiger charge is 2.34. The third kappa shape index (κ3) is 2.14. The van der Waals surface area contributed by atoms with Gasteiger partial charge in [0.25, 0.3) is 0 Å². The molecule has 0 aliphatic heterocycles. The van der Waals surface area contributed by atoms with Crippen LogP contribution in [0.25, 0.3) is 0 Å². The quantitative estimate of drug-likeness (QED) is 0.765. The van der Waals surface area contributed by atoms with Gasteiger partial charge in [-0.1, -0.05) is 23.7 Å². The molecule has 0 unspecified atom stereocenters. The van der Waals surface area contributed by atoms with Crippen molar-refractivity contribution >= 4 is 17.6 Å². The van der Waals surface area contributed by atoms with Crippen LogP contribution in [0.1, 0.15) is 19.4 Å². The van der Waals surface area contributed by atoms with Crippen molar-refractivity contribution in [3.05, 3.63) is 28.8 Å². The van der Waals surface area contributed by atoms with Crippen LogP contribution in [0.2, 0.25) is 5.02 Å². The first-order valence-corrected chi connectivity index (χ1v) is 5.24. The molecule has 0 bridgehead atoms. The Balaban J connectivity index is 3.32. The second-order valence-corrected chi connectivity index (χ2v) is 4.34. The van der Waals surface area contributed by atoms with Crippen molar-refractivity contribution < 1.29 is 14.3 Å². The lowest BCUT2D eigenvalue weighted by molar-refractivity contribution is -0.146. The van der Waals surface area contributed by atoms with Crippen LogP contribution in [0.4, 0.5) is 0 Å². The first-order valence-electron chi connectivity index (χ1n) is 4.86. The second kappa shape index (κ2) is 4.74. The lowest BCUT2D eigenvalue weighted by Crippen LogP contribution is -2.30. The van der Waals surface area contributed by atoms with E-state index in [1.807, 2.05) is 6.07 Å². The SMILES string of the molecule is COC(=O)C(C)(C)c1cccc(Cl)c1OC. The second-order valence-electron chi connectivity index (χ2n) is 3.94. The molecule has 0 N–H and O–H groups in total. The number of esters is 1. The highest BCUT2D eigenvalue weighted by atomic mass is 35.5. The van der Waals surface area contributed by atoms with Crippen molar-refractivity contribution in [2.75, 3.05) is 14.2 Å². The Kier molecular flexibility index (Phi) is 3.81. The van der Waals surface area contributed by atoms with E-state index in [4.69, 9.17) is 21.1 Å². The number of halogens is 1. The fourth-order valence-electron chi connectivity index (χ4n) is 1.57. The minimum Gasteiger partial charge on any atom is -0.495 e. The lowest BCUT2D eigenvalue weighted by Gasteiger charge is -2.24. The summed E-state index contributed by atoms with van der Waals surface area (Å²) < 4.78 is 9.99. The van der Waals surface area contributed by atoms with Gasteiger partial charge in [-0.15, -0.1) is 0 Å². The van der Waals surface area contributed by atoms with Gasteiger partial charge < -0.3 is 9.47 Å². The van der Waals surface area contributed by atoms with Gasteiger partial charge in [0.1, 0.15) is 5.75 Å². The number of methoxy groups -OCH3 is 2. The van der Waals surface area contributed by atoms with Crippen LogP contribution in [0, 0.1) is 0 Å². The fraction of sp³-hybridized carbons (Fsp3) is 0.417. The van der Waals surface area contributed by atoms with E-state index in [2.05, 4.69) is 0 Å². The standard InChI is InChI=1S/C12H15ClO3/c1-12(2,11(14)16-4)8-6-5-7-9(13)10(8)15-3/h5-7H,1-4H3. The van der Waals surface area contributed by atoms with Crippen molar-refractivity contribution in [3.63, 3.8) is 0 Å². The Morgan fingerprint density at radius 1 is 1.31 bits per heavy atom. The van der Waals surface area contributed by atoms with Gasteiger partial charge in [-0.2, -0.15) is 0 Å². The maximum absolute atomic E-state index is 11.7. The van der Waals surface area contributed by atoms with E-state index in [9.17, 15) is 4.79 Å². The summed E-state index contributed by atoms with van der Waals surface area (Å²) in [7, 11) is 2.89. The Bertz CT molecular complexity index is 399. The number of carbonyl (C=O) groups is 1. The number of ether oxygens (including phenoxy) is 2.